The molecule has 1 amide bonds. The van der Waals surface area contributed by atoms with Crippen molar-refractivity contribution in [3.63, 3.8) is 0 Å². The zero-order chi connectivity index (χ0) is 17.7. The molecule has 1 atom stereocenters. The van der Waals surface area contributed by atoms with Crippen LogP contribution in [0.1, 0.15) is 40.0 Å². The lowest BCUT2D eigenvalue weighted by molar-refractivity contribution is 0.0942. The van der Waals surface area contributed by atoms with Crippen molar-refractivity contribution in [2.75, 3.05) is 20.8 Å². The highest BCUT2D eigenvalue weighted by Crippen LogP contribution is 2.27. The number of nitrogens with one attached hydrogen (secondary N) is 1. The molecule has 130 valence electrons. The molecule has 0 saturated heterocycles. The standard InChI is InChI=1S/C18H23NO5/c1-11-9-14(12(2)24-11)15(20)7-8-19-18(21)13-5-6-16(22-3)17(10-13)23-4/h5-6,9-10,15,20H,7-8H2,1-4H3,(H,19,21)/t15-/m1/s1. The monoisotopic (exact) mass is 333 g/mol. The van der Waals surface area contributed by atoms with Gasteiger partial charge in [0.15, 0.2) is 11.5 Å². The number of aliphatic hydroxyl groups excluding tert-OH is 1. The molecule has 1 heterocycles. The SMILES string of the molecule is COc1ccc(C(=O)NCC[C@@H](O)c2cc(C)oc2C)cc1OC. The summed E-state index contributed by atoms with van der Waals surface area (Å²) in [5.41, 5.74) is 1.23. The number of hydrogen-bond acceptors (Lipinski definition) is 5. The summed E-state index contributed by atoms with van der Waals surface area (Å²) in [6.07, 6.45) is -0.271. The van der Waals surface area contributed by atoms with Crippen LogP contribution in [0.15, 0.2) is 28.7 Å². The highest BCUT2D eigenvalue weighted by molar-refractivity contribution is 5.94. The summed E-state index contributed by atoms with van der Waals surface area (Å²) >= 11 is 0. The van der Waals surface area contributed by atoms with Gasteiger partial charge in [-0.25, -0.2) is 0 Å². The van der Waals surface area contributed by atoms with E-state index in [1.54, 1.807) is 25.3 Å². The molecular formula is C18H23NO5. The fourth-order valence-electron chi connectivity index (χ4n) is 2.54. The summed E-state index contributed by atoms with van der Waals surface area (Å²) in [6, 6.07) is 6.78. The first-order valence-corrected chi connectivity index (χ1v) is 7.71. The molecule has 6 heteroatoms. The number of hydrogen-bond donors (Lipinski definition) is 2. The van der Waals surface area contributed by atoms with Crippen LogP contribution in [0, 0.1) is 13.8 Å². The number of aliphatic hydroxyl groups is 1. The van der Waals surface area contributed by atoms with Gasteiger partial charge in [-0.1, -0.05) is 0 Å². The molecule has 24 heavy (non-hydrogen) atoms. The predicted octanol–water partition coefficient (Wildman–Crippen LogP) is 2.77. The number of methoxy groups -OCH3 is 2. The van der Waals surface area contributed by atoms with Crippen LogP contribution in [-0.4, -0.2) is 31.8 Å². The molecule has 1 aromatic carbocycles. The first-order valence-electron chi connectivity index (χ1n) is 7.71. The Balaban J connectivity index is 1.92. The molecule has 0 aliphatic carbocycles. The summed E-state index contributed by atoms with van der Waals surface area (Å²) in [4.78, 5) is 12.2. The molecule has 6 nitrogen and oxygen atoms in total. The van der Waals surface area contributed by atoms with Gasteiger partial charge < -0.3 is 24.3 Å². The zero-order valence-electron chi connectivity index (χ0n) is 14.4. The number of carbonyl (C=O) groups is 1. The van der Waals surface area contributed by atoms with Crippen LogP contribution in [-0.2, 0) is 0 Å². The minimum atomic E-state index is -0.673. The van der Waals surface area contributed by atoms with Gasteiger partial charge in [0, 0.05) is 17.7 Å². The first-order chi connectivity index (χ1) is 11.5. The lowest BCUT2D eigenvalue weighted by Crippen LogP contribution is -2.25. The van der Waals surface area contributed by atoms with E-state index in [-0.39, 0.29) is 5.91 Å². The molecule has 0 radical (unpaired) electrons. The molecule has 1 aromatic heterocycles. The Morgan fingerprint density at radius 3 is 2.50 bits per heavy atom. The van der Waals surface area contributed by atoms with Gasteiger partial charge in [0.2, 0.25) is 0 Å². The highest BCUT2D eigenvalue weighted by atomic mass is 16.5. The molecule has 0 saturated carbocycles. The number of ether oxygens (including phenoxy) is 2. The van der Waals surface area contributed by atoms with Gasteiger partial charge in [0.25, 0.3) is 5.91 Å². The number of benzene rings is 1. The lowest BCUT2D eigenvalue weighted by atomic mass is 10.1. The molecule has 0 aliphatic heterocycles. The minimum absolute atomic E-state index is 0.233. The second-order valence-corrected chi connectivity index (χ2v) is 5.50. The fourth-order valence-corrected chi connectivity index (χ4v) is 2.54. The van der Waals surface area contributed by atoms with Gasteiger partial charge in [-0.05, 0) is 44.5 Å². The second-order valence-electron chi connectivity index (χ2n) is 5.50. The molecular weight excluding hydrogens is 310 g/mol. The maximum atomic E-state index is 12.2. The topological polar surface area (TPSA) is 80.9 Å². The van der Waals surface area contributed by atoms with Gasteiger partial charge in [0.05, 0.1) is 20.3 Å². The predicted molar refractivity (Wildman–Crippen MR) is 89.6 cm³/mol. The van der Waals surface area contributed by atoms with Crippen molar-refractivity contribution in [3.05, 3.63) is 46.9 Å². The van der Waals surface area contributed by atoms with Gasteiger partial charge in [-0.3, -0.25) is 4.79 Å². The lowest BCUT2D eigenvalue weighted by Gasteiger charge is -2.12. The van der Waals surface area contributed by atoms with Crippen molar-refractivity contribution in [2.24, 2.45) is 0 Å². The Hall–Kier alpha value is -2.47. The number of carbonyl (C=O) groups excluding carboxylic acids is 1. The number of amides is 1. The van der Waals surface area contributed by atoms with Crippen LogP contribution in [0.3, 0.4) is 0 Å². The second kappa shape index (κ2) is 7.88. The Kier molecular flexibility index (Phi) is 5.87. The molecule has 0 fully saturated rings. The van der Waals surface area contributed by atoms with Gasteiger partial charge >= 0.3 is 0 Å². The van der Waals surface area contributed by atoms with Crippen molar-refractivity contribution in [1.82, 2.24) is 5.32 Å². The van der Waals surface area contributed by atoms with E-state index in [9.17, 15) is 9.90 Å². The van der Waals surface area contributed by atoms with Gasteiger partial charge in [-0.15, -0.1) is 0 Å². The zero-order valence-corrected chi connectivity index (χ0v) is 14.4. The molecule has 2 N–H and O–H groups in total. The maximum absolute atomic E-state index is 12.2. The third kappa shape index (κ3) is 4.08. The normalized spacial score (nSPS) is 11.9. The Morgan fingerprint density at radius 1 is 1.21 bits per heavy atom. The molecule has 2 aromatic rings. The Morgan fingerprint density at radius 2 is 1.92 bits per heavy atom. The summed E-state index contributed by atoms with van der Waals surface area (Å²) < 4.78 is 15.7. The van der Waals surface area contributed by atoms with Crippen LogP contribution in [0.4, 0.5) is 0 Å². The summed E-state index contributed by atoms with van der Waals surface area (Å²) in [5, 5.41) is 13.0. The number of furan rings is 1. The average molecular weight is 333 g/mol. The number of aryl methyl sites for hydroxylation is 2. The Labute approximate surface area is 141 Å². The van der Waals surface area contributed by atoms with Crippen LogP contribution >= 0.6 is 0 Å². The van der Waals surface area contributed by atoms with E-state index >= 15 is 0 Å². The van der Waals surface area contributed by atoms with Crippen LogP contribution in [0.25, 0.3) is 0 Å². The minimum Gasteiger partial charge on any atom is -0.493 e. The average Bonchev–Trinajstić information content (AvgIpc) is 2.92. The molecule has 0 bridgehead atoms. The van der Waals surface area contributed by atoms with E-state index in [1.165, 1.54) is 7.11 Å². The maximum Gasteiger partial charge on any atom is 0.251 e. The first kappa shape index (κ1) is 17.9. The van der Waals surface area contributed by atoms with Crippen molar-refractivity contribution < 1.29 is 23.8 Å². The van der Waals surface area contributed by atoms with E-state index in [2.05, 4.69) is 5.32 Å². The molecule has 0 spiro atoms. The van der Waals surface area contributed by atoms with Crippen molar-refractivity contribution in [3.8, 4) is 11.5 Å². The van der Waals surface area contributed by atoms with Crippen LogP contribution in [0.5, 0.6) is 11.5 Å². The quantitative estimate of drug-likeness (QED) is 0.814. The summed E-state index contributed by atoms with van der Waals surface area (Å²) in [5.74, 6) is 2.29. The van der Waals surface area contributed by atoms with E-state index < -0.39 is 6.10 Å². The van der Waals surface area contributed by atoms with Crippen molar-refractivity contribution in [1.29, 1.82) is 0 Å². The van der Waals surface area contributed by atoms with E-state index in [1.807, 2.05) is 19.9 Å². The van der Waals surface area contributed by atoms with E-state index in [0.717, 1.165) is 11.3 Å². The molecule has 2 rings (SSSR count). The van der Waals surface area contributed by atoms with Crippen LogP contribution < -0.4 is 14.8 Å². The smallest absolute Gasteiger partial charge is 0.251 e. The summed E-state index contributed by atoms with van der Waals surface area (Å²) in [6.45, 7) is 3.99. The van der Waals surface area contributed by atoms with Crippen molar-refractivity contribution >= 4 is 5.91 Å². The fraction of sp³-hybridized carbons (Fsp3) is 0.389. The van der Waals surface area contributed by atoms with Gasteiger partial charge in [-0.2, -0.15) is 0 Å². The van der Waals surface area contributed by atoms with E-state index in [4.69, 9.17) is 13.9 Å². The third-order valence-electron chi connectivity index (χ3n) is 3.79. The van der Waals surface area contributed by atoms with E-state index in [0.29, 0.717) is 35.8 Å². The largest absolute Gasteiger partial charge is 0.493 e. The number of rotatable bonds is 7. The van der Waals surface area contributed by atoms with Crippen molar-refractivity contribution in [2.45, 2.75) is 26.4 Å². The molecule has 0 aliphatic rings. The Bertz CT molecular complexity index is 707. The molecule has 0 unspecified atom stereocenters. The summed E-state index contributed by atoms with van der Waals surface area (Å²) in [7, 11) is 3.06. The highest BCUT2D eigenvalue weighted by Gasteiger charge is 2.15. The van der Waals surface area contributed by atoms with Crippen LogP contribution in [0.2, 0.25) is 0 Å². The third-order valence-corrected chi connectivity index (χ3v) is 3.79. The van der Waals surface area contributed by atoms with Gasteiger partial charge in [0.1, 0.15) is 11.5 Å².